The Morgan fingerprint density at radius 1 is 1.20 bits per heavy atom. The van der Waals surface area contributed by atoms with Crippen molar-refractivity contribution in [2.24, 2.45) is 12.0 Å². The van der Waals surface area contributed by atoms with E-state index in [4.69, 9.17) is 4.74 Å². The molecule has 152 valence electrons. The highest BCUT2D eigenvalue weighted by Crippen LogP contribution is 2.16. The van der Waals surface area contributed by atoms with Crippen molar-refractivity contribution in [2.45, 2.75) is 13.3 Å². The monoisotopic (exact) mass is 402 g/mol. The number of hydrogen-bond acceptors (Lipinski definition) is 4. The topological polar surface area (TPSA) is 97.2 Å². The fourth-order valence-electron chi connectivity index (χ4n) is 3.08. The summed E-state index contributed by atoms with van der Waals surface area (Å²) in [5.74, 6) is 1.78. The number of aliphatic imine (C=N–C) groups is 1. The number of rotatable bonds is 5. The van der Waals surface area contributed by atoms with Crippen LogP contribution < -0.4 is 10.1 Å². The number of nitrogens with one attached hydrogen (secondary N) is 2. The van der Waals surface area contributed by atoms with Gasteiger partial charge in [0.2, 0.25) is 0 Å². The van der Waals surface area contributed by atoms with E-state index in [9.17, 15) is 4.79 Å². The molecule has 0 atom stereocenters. The zero-order valence-electron chi connectivity index (χ0n) is 17.0. The van der Waals surface area contributed by atoms with Gasteiger partial charge in [-0.05, 0) is 36.8 Å². The van der Waals surface area contributed by atoms with E-state index in [-0.39, 0.29) is 0 Å². The van der Waals surface area contributed by atoms with Crippen LogP contribution in [0.3, 0.4) is 0 Å². The van der Waals surface area contributed by atoms with E-state index in [1.807, 2.05) is 62.5 Å². The van der Waals surface area contributed by atoms with Crippen LogP contribution in [0.1, 0.15) is 17.1 Å². The molecule has 8 nitrogen and oxygen atoms in total. The molecule has 30 heavy (non-hydrogen) atoms. The average Bonchev–Trinajstić information content (AvgIpc) is 3.30. The van der Waals surface area contributed by atoms with Crippen LogP contribution in [0.25, 0.3) is 11.0 Å². The van der Waals surface area contributed by atoms with E-state index in [1.54, 1.807) is 17.9 Å². The molecule has 2 aromatic heterocycles. The van der Waals surface area contributed by atoms with Crippen molar-refractivity contribution in [3.8, 4) is 5.75 Å². The van der Waals surface area contributed by atoms with E-state index < -0.39 is 6.03 Å². The van der Waals surface area contributed by atoms with E-state index in [0.717, 1.165) is 28.0 Å². The highest BCUT2D eigenvalue weighted by Gasteiger charge is 2.14. The largest absolute Gasteiger partial charge is 0.497 e. The Morgan fingerprint density at radius 2 is 1.97 bits per heavy atom. The molecule has 0 saturated carbocycles. The predicted octanol–water partition coefficient (Wildman–Crippen LogP) is 3.88. The second-order valence-corrected chi connectivity index (χ2v) is 6.91. The van der Waals surface area contributed by atoms with Gasteiger partial charge >= 0.3 is 6.03 Å². The summed E-state index contributed by atoms with van der Waals surface area (Å²) in [5, 5.41) is 6.97. The first-order valence-electron chi connectivity index (χ1n) is 9.49. The molecular weight excluding hydrogens is 380 g/mol. The van der Waals surface area contributed by atoms with E-state index >= 15 is 0 Å². The molecule has 0 unspecified atom stereocenters. The maximum atomic E-state index is 12.6. The van der Waals surface area contributed by atoms with Gasteiger partial charge in [-0.1, -0.05) is 24.3 Å². The summed E-state index contributed by atoms with van der Waals surface area (Å²) in [6.45, 7) is 1.91. The molecule has 2 N–H and O–H groups in total. The first kappa shape index (κ1) is 19.4. The third-order valence-electron chi connectivity index (χ3n) is 4.78. The number of anilines is 1. The summed E-state index contributed by atoms with van der Waals surface area (Å²) < 4.78 is 6.91. The van der Waals surface area contributed by atoms with E-state index in [0.29, 0.717) is 23.8 Å². The van der Waals surface area contributed by atoms with Crippen LogP contribution in [0, 0.1) is 6.92 Å². The summed E-state index contributed by atoms with van der Waals surface area (Å²) in [6, 6.07) is 16.6. The number of urea groups is 1. The zero-order chi connectivity index (χ0) is 21.1. The number of aromatic amines is 1. The van der Waals surface area contributed by atoms with Crippen molar-refractivity contribution in [3.63, 3.8) is 0 Å². The standard InChI is InChI=1S/C22H22N6O2/c1-14-12-20(27-28(14)2)26-22(29)25-19(13-15-8-10-16(30-3)11-9-15)21-23-17-6-4-5-7-18(17)24-21/h4-12H,13H2,1-3H3,(H,23,24)(H,26,27,29). The molecule has 4 rings (SSSR count). The number of amides is 2. The number of carbonyl (C=O) groups excluding carboxylic acids is 1. The smallest absolute Gasteiger partial charge is 0.346 e. The molecule has 0 aliphatic rings. The van der Waals surface area contributed by atoms with Gasteiger partial charge in [-0.2, -0.15) is 10.1 Å². The van der Waals surface area contributed by atoms with Gasteiger partial charge in [0, 0.05) is 25.2 Å². The number of fused-ring (bicyclic) bond motifs is 1. The normalized spacial score (nSPS) is 11.6. The third kappa shape index (κ3) is 4.22. The van der Waals surface area contributed by atoms with Crippen LogP contribution in [0.2, 0.25) is 0 Å². The summed E-state index contributed by atoms with van der Waals surface area (Å²) in [4.78, 5) is 24.8. The van der Waals surface area contributed by atoms with Crippen molar-refractivity contribution >= 4 is 28.6 Å². The highest BCUT2D eigenvalue weighted by atomic mass is 16.5. The number of para-hydroxylation sites is 2. The molecule has 0 spiro atoms. The lowest BCUT2D eigenvalue weighted by Crippen LogP contribution is -2.15. The number of ether oxygens (including phenoxy) is 1. The number of aryl methyl sites for hydroxylation is 2. The number of benzene rings is 2. The molecule has 4 aromatic rings. The third-order valence-corrected chi connectivity index (χ3v) is 4.78. The molecule has 0 fully saturated rings. The summed E-state index contributed by atoms with van der Waals surface area (Å²) in [5.41, 5.74) is 4.15. The lowest BCUT2D eigenvalue weighted by atomic mass is 10.1. The summed E-state index contributed by atoms with van der Waals surface area (Å²) >= 11 is 0. The van der Waals surface area contributed by atoms with Crippen molar-refractivity contribution in [2.75, 3.05) is 12.4 Å². The number of H-pyrrole nitrogens is 1. The molecular formula is C22H22N6O2. The van der Waals surface area contributed by atoms with Crippen LogP contribution in [-0.2, 0) is 13.5 Å². The Hall–Kier alpha value is -3.94. The van der Waals surface area contributed by atoms with Crippen molar-refractivity contribution < 1.29 is 9.53 Å². The Labute approximate surface area is 173 Å². The van der Waals surface area contributed by atoms with Gasteiger partial charge in [0.25, 0.3) is 0 Å². The second kappa shape index (κ2) is 8.20. The van der Waals surface area contributed by atoms with Gasteiger partial charge in [0.05, 0.1) is 23.9 Å². The van der Waals surface area contributed by atoms with Crippen molar-refractivity contribution in [1.82, 2.24) is 19.7 Å². The maximum Gasteiger partial charge on any atom is 0.346 e. The number of aromatic nitrogens is 4. The molecule has 0 aliphatic carbocycles. The van der Waals surface area contributed by atoms with Gasteiger partial charge in [-0.25, -0.2) is 9.78 Å². The van der Waals surface area contributed by atoms with Gasteiger partial charge in [0.15, 0.2) is 11.6 Å². The minimum atomic E-state index is -0.503. The number of nitrogens with zero attached hydrogens (tertiary/aromatic N) is 4. The maximum absolute atomic E-state index is 12.6. The fraction of sp³-hybridized carbons (Fsp3) is 0.182. The minimum Gasteiger partial charge on any atom is -0.497 e. The van der Waals surface area contributed by atoms with Gasteiger partial charge in [-0.15, -0.1) is 0 Å². The summed E-state index contributed by atoms with van der Waals surface area (Å²) in [7, 11) is 3.44. The number of hydrogen-bond donors (Lipinski definition) is 2. The van der Waals surface area contributed by atoms with Crippen LogP contribution in [0.4, 0.5) is 10.6 Å². The van der Waals surface area contributed by atoms with Gasteiger partial charge in [0.1, 0.15) is 5.75 Å². The van der Waals surface area contributed by atoms with Gasteiger partial charge < -0.3 is 9.72 Å². The quantitative estimate of drug-likeness (QED) is 0.495. The van der Waals surface area contributed by atoms with Crippen LogP contribution >= 0.6 is 0 Å². The Bertz CT molecular complexity index is 1170. The van der Waals surface area contributed by atoms with Crippen molar-refractivity contribution in [3.05, 3.63) is 71.7 Å². The molecule has 2 heterocycles. The van der Waals surface area contributed by atoms with Crippen molar-refractivity contribution in [1.29, 1.82) is 0 Å². The van der Waals surface area contributed by atoms with E-state index in [1.165, 1.54) is 0 Å². The zero-order valence-corrected chi connectivity index (χ0v) is 17.0. The SMILES string of the molecule is COc1ccc(CC(=NC(=O)Nc2cc(C)n(C)n2)c2nc3ccccc3[nH]2)cc1. The number of methoxy groups -OCH3 is 1. The minimum absolute atomic E-state index is 0.429. The molecule has 0 aliphatic heterocycles. The fourth-order valence-corrected chi connectivity index (χ4v) is 3.08. The Balaban J connectivity index is 1.66. The first-order chi connectivity index (χ1) is 14.5. The van der Waals surface area contributed by atoms with Crippen LogP contribution in [-0.4, -0.2) is 38.6 Å². The molecule has 0 saturated heterocycles. The summed E-state index contributed by atoms with van der Waals surface area (Å²) in [6.07, 6.45) is 0.429. The Morgan fingerprint density at radius 3 is 2.63 bits per heavy atom. The van der Waals surface area contributed by atoms with Crippen LogP contribution in [0.5, 0.6) is 5.75 Å². The van der Waals surface area contributed by atoms with Crippen LogP contribution in [0.15, 0.2) is 59.6 Å². The molecule has 2 aromatic carbocycles. The molecule has 2 amide bonds. The molecule has 0 bridgehead atoms. The molecule has 0 radical (unpaired) electrons. The Kier molecular flexibility index (Phi) is 5.30. The number of carbonyl (C=O) groups is 1. The first-order valence-corrected chi connectivity index (χ1v) is 9.49. The lowest BCUT2D eigenvalue weighted by molar-refractivity contribution is 0.259. The number of imidazole rings is 1. The van der Waals surface area contributed by atoms with E-state index in [2.05, 4.69) is 25.4 Å². The highest BCUT2D eigenvalue weighted by molar-refractivity contribution is 6.08. The average molecular weight is 402 g/mol. The predicted molar refractivity (Wildman–Crippen MR) is 116 cm³/mol. The van der Waals surface area contributed by atoms with Gasteiger partial charge in [-0.3, -0.25) is 10.00 Å². The molecule has 8 heteroatoms. The second-order valence-electron chi connectivity index (χ2n) is 6.91. The lowest BCUT2D eigenvalue weighted by Gasteiger charge is -2.06.